The monoisotopic (exact) mass is 1450 g/mol. The van der Waals surface area contributed by atoms with E-state index in [1.807, 2.05) is 0 Å². The third-order valence-corrected chi connectivity index (χ3v) is 0.680. The van der Waals surface area contributed by atoms with E-state index < -0.39 is 51.0 Å². The molecule has 0 atom stereocenters. The van der Waals surface area contributed by atoms with Crippen LogP contribution in [-0.2, 0) is 0 Å². The summed E-state index contributed by atoms with van der Waals surface area (Å²) in [6, 6.07) is 1.71. The van der Waals surface area contributed by atoms with Crippen LogP contribution in [0.15, 0.2) is 0 Å². The van der Waals surface area contributed by atoms with E-state index >= 15 is 0 Å². The molecular weight excluding hydrogens is 1460 g/mol. The maximum atomic E-state index is 7.90. The van der Waals surface area contributed by atoms with Gasteiger partial charge in [0.2, 0.25) is 3.79 Å². The SMILES string of the molecule is ClC(Cl)Cl.ClC(Cl)Cl.ClC(Cl)Cl.ClC(Cl)Cl.ClC(Cl)Cl.ClC(Cl)Cl.ClC(Cl)Cl.ClC(Cl)Cl.ClC(Cl)Cl.ClC(Cl)Cl.ClC(Cl)Cl.N#CCC(Cl)(Cl)Cl. The van der Waals surface area contributed by atoms with Gasteiger partial charge in [0.05, 0.1) is 12.5 Å². The Morgan fingerprint density at radius 2 is 0.314 bits per heavy atom. The second-order valence-electron chi connectivity index (χ2n) is 3.67. The molecule has 0 aromatic heterocycles. The molecular formula is C14H13Cl36N. The molecule has 1 nitrogen and oxygen atoms in total. The molecule has 0 radical (unpaired) electrons. The highest BCUT2D eigenvalue weighted by molar-refractivity contribution is 6.68. The Bertz CT molecular complexity index is 373. The van der Waals surface area contributed by atoms with Crippen molar-refractivity contribution in [2.24, 2.45) is 0 Å². The molecule has 0 saturated heterocycles. The highest BCUT2D eigenvalue weighted by atomic mass is 35.6. The van der Waals surface area contributed by atoms with Crippen LogP contribution < -0.4 is 0 Å². The smallest absolute Gasteiger partial charge is 0.198 e. The third-order valence-electron chi connectivity index (χ3n) is 0.280. The van der Waals surface area contributed by atoms with E-state index in [0.29, 0.717) is 0 Å². The van der Waals surface area contributed by atoms with Gasteiger partial charge in [0.25, 0.3) is 0 Å². The van der Waals surface area contributed by atoms with Gasteiger partial charge in [-0.15, -0.1) is 0 Å². The molecule has 0 aromatic carbocycles. The second kappa shape index (κ2) is 80.2. The number of halogens is 36. The van der Waals surface area contributed by atoms with Crippen LogP contribution in [0.3, 0.4) is 0 Å². The molecule has 0 aliphatic carbocycles. The zero-order chi connectivity index (χ0) is 45.3. The topological polar surface area (TPSA) is 23.8 Å². The molecule has 0 spiro atoms. The molecule has 0 rings (SSSR count). The van der Waals surface area contributed by atoms with Crippen molar-refractivity contribution in [1.29, 1.82) is 5.26 Å². The van der Waals surface area contributed by atoms with E-state index in [4.69, 9.17) is 423 Å². The summed E-state index contributed by atoms with van der Waals surface area (Å²) in [6.07, 6.45) is -0.0579. The van der Waals surface area contributed by atoms with Crippen molar-refractivity contribution in [2.75, 3.05) is 0 Å². The van der Waals surface area contributed by atoms with Crippen molar-refractivity contribution in [3.8, 4) is 6.07 Å². The summed E-state index contributed by atoms with van der Waals surface area (Å²) in [5.74, 6) is 0. The van der Waals surface area contributed by atoms with E-state index in [1.165, 1.54) is 0 Å². The summed E-state index contributed by atoms with van der Waals surface area (Å²) in [7, 11) is 0. The Kier molecular flexibility index (Phi) is 144. The maximum absolute atomic E-state index is 7.90. The Morgan fingerprint density at radius 1 is 0.255 bits per heavy atom. The zero-order valence-electron chi connectivity index (χ0n) is 22.1. The molecule has 326 valence electrons. The first kappa shape index (κ1) is 91.4. The first-order valence-electron chi connectivity index (χ1n) is 8.70. The molecule has 0 aromatic rings. The highest BCUT2D eigenvalue weighted by Crippen LogP contribution is 2.28. The molecule has 0 aliphatic heterocycles. The minimum Gasteiger partial charge on any atom is -0.198 e. The van der Waals surface area contributed by atoms with Crippen molar-refractivity contribution in [2.45, 2.75) is 57.5 Å². The van der Waals surface area contributed by atoms with Crippen molar-refractivity contribution < 1.29 is 0 Å². The maximum Gasteiger partial charge on any atom is 0.203 e. The number of rotatable bonds is 0. The lowest BCUT2D eigenvalue weighted by Gasteiger charge is -2.00. The van der Waals surface area contributed by atoms with Crippen LogP contribution in [0.2, 0.25) is 0 Å². The van der Waals surface area contributed by atoms with Gasteiger partial charge in [-0.25, -0.2) is 0 Å². The first-order chi connectivity index (χ1) is 22.1. The van der Waals surface area contributed by atoms with Gasteiger partial charge in [0, 0.05) is 0 Å². The highest BCUT2D eigenvalue weighted by Gasteiger charge is 2.17. The molecule has 0 bridgehead atoms. The zero-order valence-corrected chi connectivity index (χ0v) is 49.3. The van der Waals surface area contributed by atoms with Gasteiger partial charge in [-0.3, -0.25) is 0 Å². The fourth-order valence-corrected chi connectivity index (χ4v) is 0.269. The number of hydrogen-bond donors (Lipinski definition) is 0. The van der Waals surface area contributed by atoms with Crippen LogP contribution >= 0.6 is 418 Å². The predicted molar refractivity (Wildman–Crippen MR) is 265 cm³/mol. The normalized spacial score (nSPS) is 9.22. The van der Waals surface area contributed by atoms with Gasteiger partial charge < -0.3 is 0 Å². The summed E-state index contributed by atoms with van der Waals surface area (Å²) < 4.78 is -9.64. The Labute approximate surface area is 478 Å². The van der Waals surface area contributed by atoms with Gasteiger partial charge in [0.1, 0.15) is 0 Å². The number of nitrogens with zero attached hydrogens (tertiary/aromatic N) is 1. The summed E-state index contributed by atoms with van der Waals surface area (Å²) >= 11 is 174. The number of nitriles is 1. The number of alkyl halides is 36. The number of hydrogen-bond acceptors (Lipinski definition) is 1. The minimum atomic E-state index is -1.39. The third kappa shape index (κ3) is 1040. The molecule has 0 N–H and O–H groups in total. The van der Waals surface area contributed by atoms with Gasteiger partial charge in [-0.1, -0.05) is 418 Å². The molecule has 0 fully saturated rings. The Morgan fingerprint density at radius 3 is 0.314 bits per heavy atom. The van der Waals surface area contributed by atoms with Crippen molar-refractivity contribution in [1.82, 2.24) is 0 Å². The molecule has 0 saturated carbocycles. The van der Waals surface area contributed by atoms with Crippen molar-refractivity contribution in [3.05, 3.63) is 0 Å². The van der Waals surface area contributed by atoms with Crippen LogP contribution in [-0.4, -0.2) is 51.0 Å². The molecule has 0 unspecified atom stereocenters. The average Bonchev–Trinajstić information content (AvgIpc) is 2.68. The van der Waals surface area contributed by atoms with Crippen LogP contribution in [0.1, 0.15) is 6.42 Å². The first-order valence-corrected chi connectivity index (χ1v) is 24.2. The second-order valence-corrected chi connectivity index (χ2v) is 28.0. The molecule has 0 amide bonds. The van der Waals surface area contributed by atoms with E-state index in [1.54, 1.807) is 6.07 Å². The van der Waals surface area contributed by atoms with E-state index in [0.717, 1.165) is 0 Å². The minimum absolute atomic E-state index is 0.0579. The predicted octanol–water partition coefficient (Wildman–Crippen LogP) is 24.1. The molecule has 37 heteroatoms. The fourth-order valence-electron chi connectivity index (χ4n) is 0.0896. The lowest BCUT2D eigenvalue weighted by molar-refractivity contribution is 1.08. The van der Waals surface area contributed by atoms with E-state index in [9.17, 15) is 0 Å². The lowest BCUT2D eigenvalue weighted by Crippen LogP contribution is -1.97. The summed E-state index contributed by atoms with van der Waals surface area (Å²) in [5.41, 5.74) is 0. The van der Waals surface area contributed by atoms with Gasteiger partial charge >= 0.3 is 0 Å². The Hall–Kier alpha value is 9.93. The molecule has 0 aliphatic rings. The molecule has 51 heavy (non-hydrogen) atoms. The van der Waals surface area contributed by atoms with Gasteiger partial charge in [-0.05, 0) is 0 Å². The van der Waals surface area contributed by atoms with Crippen molar-refractivity contribution >= 4 is 418 Å². The van der Waals surface area contributed by atoms with Crippen LogP contribution in [0.25, 0.3) is 0 Å². The average molecular weight is 1470 g/mol. The van der Waals surface area contributed by atoms with Crippen molar-refractivity contribution in [3.63, 3.8) is 0 Å². The van der Waals surface area contributed by atoms with Gasteiger partial charge in [0.15, 0.2) is 47.2 Å². The largest absolute Gasteiger partial charge is 0.203 e. The van der Waals surface area contributed by atoms with E-state index in [2.05, 4.69) is 0 Å². The van der Waals surface area contributed by atoms with E-state index in [-0.39, 0.29) is 6.42 Å². The summed E-state index contributed by atoms with van der Waals surface area (Å²) in [6.45, 7) is 0. The standard InChI is InChI=1S/C3H2Cl3N.11CHCl3/c4-3(5,6)1-2-7;11*2-1(3)4/h1H2;11*1H. The van der Waals surface area contributed by atoms with Crippen LogP contribution in [0.5, 0.6) is 0 Å². The lowest BCUT2D eigenvalue weighted by atomic mass is 10.5. The van der Waals surface area contributed by atoms with Gasteiger partial charge in [-0.2, -0.15) is 5.26 Å². The summed E-state index contributed by atoms with van der Waals surface area (Å²) in [4.78, 5) is 0. The fraction of sp³-hybridized carbons (Fsp3) is 0.929. The Balaban J connectivity index is -0.0000000327. The quantitative estimate of drug-likeness (QED) is 0.222. The summed E-state index contributed by atoms with van der Waals surface area (Å²) in [5, 5.41) is 7.90. The van der Waals surface area contributed by atoms with Crippen LogP contribution in [0, 0.1) is 11.3 Å². The van der Waals surface area contributed by atoms with Crippen LogP contribution in [0.4, 0.5) is 0 Å². The molecule has 0 heterocycles.